The lowest BCUT2D eigenvalue weighted by atomic mass is 10.2. The molecule has 5 nitrogen and oxygen atoms in total. The normalized spacial score (nSPS) is 21.5. The second-order valence-electron chi connectivity index (χ2n) is 4.57. The van der Waals surface area contributed by atoms with Gasteiger partial charge in [-0.15, -0.1) is 0 Å². The Balaban J connectivity index is 2.20. The van der Waals surface area contributed by atoms with E-state index in [4.69, 9.17) is 4.74 Å². The first kappa shape index (κ1) is 14.3. The van der Waals surface area contributed by atoms with E-state index in [-0.39, 0.29) is 18.1 Å². The second-order valence-corrected chi connectivity index (χ2v) is 4.57. The van der Waals surface area contributed by atoms with E-state index in [0.717, 1.165) is 32.7 Å². The van der Waals surface area contributed by atoms with Crippen molar-refractivity contribution >= 4 is 6.03 Å². The van der Waals surface area contributed by atoms with Gasteiger partial charge in [-0.3, -0.25) is 0 Å². The molecular weight excluding hydrogens is 218 g/mol. The topological polar surface area (TPSA) is 53.6 Å². The van der Waals surface area contributed by atoms with Gasteiger partial charge in [-0.1, -0.05) is 13.8 Å². The lowest BCUT2D eigenvalue weighted by molar-refractivity contribution is 0.187. The molecule has 1 aliphatic rings. The number of urea groups is 1. The SMILES string of the molecule is CCN(CC)CC(C)NC(=O)NC1CCOC1. The van der Waals surface area contributed by atoms with Crippen molar-refractivity contribution in [1.82, 2.24) is 15.5 Å². The predicted octanol–water partition coefficient (Wildman–Crippen LogP) is 0.805. The molecule has 1 aliphatic heterocycles. The Morgan fingerprint density at radius 3 is 2.71 bits per heavy atom. The maximum Gasteiger partial charge on any atom is 0.315 e. The molecule has 0 bridgehead atoms. The summed E-state index contributed by atoms with van der Waals surface area (Å²) in [4.78, 5) is 14.0. The van der Waals surface area contributed by atoms with Gasteiger partial charge in [0.15, 0.2) is 0 Å². The minimum atomic E-state index is -0.0832. The van der Waals surface area contributed by atoms with Crippen molar-refractivity contribution in [2.45, 2.75) is 39.3 Å². The Morgan fingerprint density at radius 1 is 1.47 bits per heavy atom. The summed E-state index contributed by atoms with van der Waals surface area (Å²) >= 11 is 0. The number of hydrogen-bond donors (Lipinski definition) is 2. The molecule has 0 aromatic heterocycles. The molecule has 5 heteroatoms. The number of likely N-dealkylation sites (N-methyl/N-ethyl adjacent to an activating group) is 1. The van der Waals surface area contributed by atoms with Gasteiger partial charge in [0.1, 0.15) is 0 Å². The largest absolute Gasteiger partial charge is 0.379 e. The number of carbonyl (C=O) groups excluding carboxylic acids is 1. The van der Waals surface area contributed by atoms with Crippen LogP contribution in [0.2, 0.25) is 0 Å². The molecule has 2 unspecified atom stereocenters. The van der Waals surface area contributed by atoms with E-state index in [0.29, 0.717) is 6.61 Å². The van der Waals surface area contributed by atoms with E-state index in [9.17, 15) is 4.79 Å². The molecule has 1 saturated heterocycles. The van der Waals surface area contributed by atoms with Gasteiger partial charge in [0, 0.05) is 19.2 Å². The van der Waals surface area contributed by atoms with Gasteiger partial charge in [-0.2, -0.15) is 0 Å². The quantitative estimate of drug-likeness (QED) is 0.725. The Morgan fingerprint density at radius 2 is 2.18 bits per heavy atom. The fourth-order valence-corrected chi connectivity index (χ4v) is 2.01. The molecular formula is C12H25N3O2. The number of nitrogens with zero attached hydrogens (tertiary/aromatic N) is 1. The Hall–Kier alpha value is -0.810. The lowest BCUT2D eigenvalue weighted by Crippen LogP contribution is -2.49. The summed E-state index contributed by atoms with van der Waals surface area (Å²) in [5.74, 6) is 0. The van der Waals surface area contributed by atoms with Crippen LogP contribution in [0.1, 0.15) is 27.2 Å². The minimum Gasteiger partial charge on any atom is -0.379 e. The maximum atomic E-state index is 11.7. The smallest absolute Gasteiger partial charge is 0.315 e. The number of hydrogen-bond acceptors (Lipinski definition) is 3. The molecule has 1 heterocycles. The van der Waals surface area contributed by atoms with E-state index < -0.39 is 0 Å². The third-order valence-electron chi connectivity index (χ3n) is 3.07. The van der Waals surface area contributed by atoms with Crippen LogP contribution in [0.5, 0.6) is 0 Å². The fraction of sp³-hybridized carbons (Fsp3) is 0.917. The van der Waals surface area contributed by atoms with Gasteiger partial charge >= 0.3 is 6.03 Å². The number of rotatable bonds is 6. The minimum absolute atomic E-state index is 0.0832. The van der Waals surface area contributed by atoms with Gasteiger partial charge in [0.05, 0.1) is 12.6 Å². The van der Waals surface area contributed by atoms with Crippen LogP contribution < -0.4 is 10.6 Å². The van der Waals surface area contributed by atoms with Gasteiger partial charge in [0.25, 0.3) is 0 Å². The zero-order chi connectivity index (χ0) is 12.7. The van der Waals surface area contributed by atoms with Crippen molar-refractivity contribution in [3.63, 3.8) is 0 Å². The van der Waals surface area contributed by atoms with Crippen molar-refractivity contribution in [2.24, 2.45) is 0 Å². The van der Waals surface area contributed by atoms with Crippen molar-refractivity contribution in [1.29, 1.82) is 0 Å². The first-order valence-corrected chi connectivity index (χ1v) is 6.52. The summed E-state index contributed by atoms with van der Waals surface area (Å²) in [6.45, 7) is 10.6. The molecule has 0 saturated carbocycles. The van der Waals surface area contributed by atoms with E-state index in [1.54, 1.807) is 0 Å². The number of carbonyl (C=O) groups is 1. The molecule has 17 heavy (non-hydrogen) atoms. The van der Waals surface area contributed by atoms with E-state index in [2.05, 4.69) is 29.4 Å². The first-order valence-electron chi connectivity index (χ1n) is 6.52. The Kier molecular flexibility index (Phi) is 6.29. The van der Waals surface area contributed by atoms with Crippen LogP contribution in [-0.2, 0) is 4.74 Å². The third kappa shape index (κ3) is 5.37. The van der Waals surface area contributed by atoms with Crippen molar-refractivity contribution in [3.05, 3.63) is 0 Å². The molecule has 2 N–H and O–H groups in total. The van der Waals surface area contributed by atoms with Crippen LogP contribution >= 0.6 is 0 Å². The maximum absolute atomic E-state index is 11.7. The van der Waals surface area contributed by atoms with Crippen molar-refractivity contribution < 1.29 is 9.53 Å². The summed E-state index contributed by atoms with van der Waals surface area (Å²) in [6.07, 6.45) is 0.915. The summed E-state index contributed by atoms with van der Waals surface area (Å²) in [7, 11) is 0. The lowest BCUT2D eigenvalue weighted by Gasteiger charge is -2.24. The summed E-state index contributed by atoms with van der Waals surface area (Å²) in [5.41, 5.74) is 0. The van der Waals surface area contributed by atoms with Crippen molar-refractivity contribution in [3.8, 4) is 0 Å². The molecule has 0 aromatic rings. The highest BCUT2D eigenvalue weighted by Crippen LogP contribution is 2.02. The average molecular weight is 243 g/mol. The molecule has 100 valence electrons. The van der Waals surface area contributed by atoms with Crippen LogP contribution in [0.15, 0.2) is 0 Å². The second kappa shape index (κ2) is 7.50. The molecule has 0 spiro atoms. The zero-order valence-corrected chi connectivity index (χ0v) is 11.2. The van der Waals surface area contributed by atoms with E-state index in [1.165, 1.54) is 0 Å². The van der Waals surface area contributed by atoms with Crippen LogP contribution in [0, 0.1) is 0 Å². The number of nitrogens with one attached hydrogen (secondary N) is 2. The number of amides is 2. The summed E-state index contributed by atoms with van der Waals surface area (Å²) in [6, 6.07) is 0.257. The van der Waals surface area contributed by atoms with Crippen LogP contribution in [0.3, 0.4) is 0 Å². The molecule has 0 aromatic carbocycles. The van der Waals surface area contributed by atoms with Gasteiger partial charge in [-0.05, 0) is 26.4 Å². The standard InChI is InChI=1S/C12H25N3O2/c1-4-15(5-2)8-10(3)13-12(16)14-11-6-7-17-9-11/h10-11H,4-9H2,1-3H3,(H2,13,14,16). The summed E-state index contributed by atoms with van der Waals surface area (Å²) in [5, 5.41) is 5.88. The van der Waals surface area contributed by atoms with E-state index in [1.807, 2.05) is 6.92 Å². The Labute approximate surface area is 104 Å². The molecule has 1 rings (SSSR count). The molecule has 0 aliphatic carbocycles. The van der Waals surface area contributed by atoms with Gasteiger partial charge in [-0.25, -0.2) is 4.79 Å². The summed E-state index contributed by atoms with van der Waals surface area (Å²) < 4.78 is 5.21. The van der Waals surface area contributed by atoms with E-state index >= 15 is 0 Å². The molecule has 2 atom stereocenters. The fourth-order valence-electron chi connectivity index (χ4n) is 2.01. The highest BCUT2D eigenvalue weighted by atomic mass is 16.5. The number of ether oxygens (including phenoxy) is 1. The molecule has 1 fully saturated rings. The van der Waals surface area contributed by atoms with Crippen LogP contribution in [-0.4, -0.2) is 55.9 Å². The first-order chi connectivity index (χ1) is 8.15. The van der Waals surface area contributed by atoms with Gasteiger partial charge in [0.2, 0.25) is 0 Å². The monoisotopic (exact) mass is 243 g/mol. The van der Waals surface area contributed by atoms with Gasteiger partial charge < -0.3 is 20.3 Å². The average Bonchev–Trinajstić information content (AvgIpc) is 2.78. The van der Waals surface area contributed by atoms with Crippen molar-refractivity contribution in [2.75, 3.05) is 32.8 Å². The Bertz CT molecular complexity index is 226. The zero-order valence-electron chi connectivity index (χ0n) is 11.2. The highest BCUT2D eigenvalue weighted by molar-refractivity contribution is 5.74. The third-order valence-corrected chi connectivity index (χ3v) is 3.07. The molecule has 0 radical (unpaired) electrons. The highest BCUT2D eigenvalue weighted by Gasteiger charge is 2.18. The van der Waals surface area contributed by atoms with Crippen LogP contribution in [0.4, 0.5) is 4.79 Å². The molecule has 2 amide bonds. The predicted molar refractivity (Wildman–Crippen MR) is 68.1 cm³/mol. The van der Waals surface area contributed by atoms with Crippen LogP contribution in [0.25, 0.3) is 0 Å².